The number of ether oxygens (including phenoxy) is 2. The van der Waals surface area contributed by atoms with Crippen molar-refractivity contribution in [2.24, 2.45) is 11.7 Å². The van der Waals surface area contributed by atoms with E-state index >= 15 is 0 Å². The molecule has 21 heavy (non-hydrogen) atoms. The lowest BCUT2D eigenvalue weighted by Crippen LogP contribution is -2.39. The van der Waals surface area contributed by atoms with Crippen LogP contribution >= 0.6 is 0 Å². The molecule has 4 heteroatoms. The van der Waals surface area contributed by atoms with Crippen LogP contribution < -0.4 is 15.2 Å². The molecule has 1 atom stereocenters. The Morgan fingerprint density at radius 3 is 2.14 bits per heavy atom. The predicted molar refractivity (Wildman–Crippen MR) is 85.9 cm³/mol. The lowest BCUT2D eigenvalue weighted by atomic mass is 9.92. The Morgan fingerprint density at radius 2 is 1.71 bits per heavy atom. The third kappa shape index (κ3) is 3.89. The maximum Gasteiger partial charge on any atom is 0.122 e. The summed E-state index contributed by atoms with van der Waals surface area (Å²) in [6, 6.07) is 6.30. The van der Waals surface area contributed by atoms with Gasteiger partial charge < -0.3 is 15.2 Å². The molecule has 0 amide bonds. The molecule has 2 rings (SSSR count). The summed E-state index contributed by atoms with van der Waals surface area (Å²) in [6.07, 6.45) is 3.83. The molecule has 1 aromatic rings. The van der Waals surface area contributed by atoms with Gasteiger partial charge in [-0.05, 0) is 49.5 Å². The van der Waals surface area contributed by atoms with Crippen molar-refractivity contribution in [3.8, 4) is 11.5 Å². The fourth-order valence-corrected chi connectivity index (χ4v) is 3.19. The summed E-state index contributed by atoms with van der Waals surface area (Å²) < 4.78 is 10.7. The lowest BCUT2D eigenvalue weighted by molar-refractivity contribution is 0.133. The molecule has 0 aliphatic carbocycles. The average Bonchev–Trinajstić information content (AvgIpc) is 2.55. The van der Waals surface area contributed by atoms with Crippen LogP contribution in [0.2, 0.25) is 0 Å². The first-order chi connectivity index (χ1) is 10.2. The molecule has 2 N–H and O–H groups in total. The Morgan fingerprint density at radius 1 is 1.14 bits per heavy atom. The highest BCUT2D eigenvalue weighted by atomic mass is 16.5. The summed E-state index contributed by atoms with van der Waals surface area (Å²) in [6.45, 7) is 5.15. The third-order valence-electron chi connectivity index (χ3n) is 4.65. The number of piperidine rings is 1. The van der Waals surface area contributed by atoms with E-state index in [2.05, 4.69) is 24.0 Å². The Labute approximate surface area is 128 Å². The van der Waals surface area contributed by atoms with Crippen LogP contribution in [-0.4, -0.2) is 38.8 Å². The molecule has 0 bridgehead atoms. The van der Waals surface area contributed by atoms with Crippen molar-refractivity contribution in [3.63, 3.8) is 0 Å². The number of methoxy groups -OCH3 is 2. The Balaban J connectivity index is 2.17. The van der Waals surface area contributed by atoms with Gasteiger partial charge in [0.2, 0.25) is 0 Å². The summed E-state index contributed by atoms with van der Waals surface area (Å²) in [5, 5.41) is 0. The molecule has 4 nitrogen and oxygen atoms in total. The molecule has 0 saturated carbocycles. The monoisotopic (exact) mass is 292 g/mol. The standard InChI is InChI=1S/C17H28N2O2/c1-4-13-5-7-19(8-6-13)17(12-18)14-9-15(20-2)11-16(10-14)21-3/h9-11,13,17H,4-8,12,18H2,1-3H3. The van der Waals surface area contributed by atoms with Crippen molar-refractivity contribution in [2.45, 2.75) is 32.2 Å². The minimum Gasteiger partial charge on any atom is -0.497 e. The van der Waals surface area contributed by atoms with Crippen molar-refractivity contribution in [3.05, 3.63) is 23.8 Å². The van der Waals surface area contributed by atoms with E-state index in [0.29, 0.717) is 6.54 Å². The van der Waals surface area contributed by atoms with Crippen molar-refractivity contribution < 1.29 is 9.47 Å². The van der Waals surface area contributed by atoms with E-state index in [4.69, 9.17) is 15.2 Å². The maximum atomic E-state index is 6.06. The Bertz CT molecular complexity index is 420. The molecule has 1 unspecified atom stereocenters. The lowest BCUT2D eigenvalue weighted by Gasteiger charge is -2.37. The second-order valence-corrected chi connectivity index (χ2v) is 5.79. The fourth-order valence-electron chi connectivity index (χ4n) is 3.19. The molecule has 0 radical (unpaired) electrons. The van der Waals surface area contributed by atoms with E-state index in [1.54, 1.807) is 14.2 Å². The minimum atomic E-state index is 0.242. The van der Waals surface area contributed by atoms with Gasteiger partial charge in [-0.1, -0.05) is 13.3 Å². The molecule has 118 valence electrons. The number of nitrogens with zero attached hydrogens (tertiary/aromatic N) is 1. The molecule has 0 aromatic heterocycles. The van der Waals surface area contributed by atoms with Gasteiger partial charge in [0.05, 0.1) is 14.2 Å². The van der Waals surface area contributed by atoms with Gasteiger partial charge in [-0.3, -0.25) is 4.90 Å². The van der Waals surface area contributed by atoms with Crippen molar-refractivity contribution in [2.75, 3.05) is 33.9 Å². The summed E-state index contributed by atoms with van der Waals surface area (Å²) in [5.74, 6) is 2.53. The zero-order valence-corrected chi connectivity index (χ0v) is 13.5. The molecule has 1 aromatic carbocycles. The van der Waals surface area contributed by atoms with Crippen LogP contribution in [0.3, 0.4) is 0 Å². The highest BCUT2D eigenvalue weighted by Gasteiger charge is 2.25. The zero-order chi connectivity index (χ0) is 15.2. The van der Waals surface area contributed by atoms with E-state index in [1.807, 2.05) is 6.07 Å². The van der Waals surface area contributed by atoms with Crippen molar-refractivity contribution >= 4 is 0 Å². The maximum absolute atomic E-state index is 6.06. The van der Waals surface area contributed by atoms with E-state index in [0.717, 1.165) is 30.5 Å². The molecule has 1 saturated heterocycles. The highest BCUT2D eigenvalue weighted by Crippen LogP contribution is 2.32. The predicted octanol–water partition coefficient (Wildman–Crippen LogP) is 2.83. The SMILES string of the molecule is CCC1CCN(C(CN)c2cc(OC)cc(OC)c2)CC1. The molecule has 1 aliphatic heterocycles. The van der Waals surface area contributed by atoms with Gasteiger partial charge in [0.25, 0.3) is 0 Å². The first kappa shape index (κ1) is 16.1. The van der Waals surface area contributed by atoms with E-state index in [-0.39, 0.29) is 6.04 Å². The van der Waals surface area contributed by atoms with Gasteiger partial charge in [0.15, 0.2) is 0 Å². The van der Waals surface area contributed by atoms with Gasteiger partial charge in [0.1, 0.15) is 11.5 Å². The number of likely N-dealkylation sites (tertiary alicyclic amines) is 1. The van der Waals surface area contributed by atoms with Crippen LogP contribution in [-0.2, 0) is 0 Å². The normalized spacial score (nSPS) is 18.5. The second kappa shape index (κ2) is 7.66. The fraction of sp³-hybridized carbons (Fsp3) is 0.647. The summed E-state index contributed by atoms with van der Waals surface area (Å²) in [5.41, 5.74) is 7.25. The molecule has 1 heterocycles. The molecular weight excluding hydrogens is 264 g/mol. The molecule has 1 fully saturated rings. The minimum absolute atomic E-state index is 0.242. The van der Waals surface area contributed by atoms with Crippen LogP contribution in [0.4, 0.5) is 0 Å². The van der Waals surface area contributed by atoms with Gasteiger partial charge >= 0.3 is 0 Å². The zero-order valence-electron chi connectivity index (χ0n) is 13.5. The van der Waals surface area contributed by atoms with Crippen molar-refractivity contribution in [1.29, 1.82) is 0 Å². The Hall–Kier alpha value is -1.26. The largest absolute Gasteiger partial charge is 0.497 e. The summed E-state index contributed by atoms with van der Waals surface area (Å²) in [4.78, 5) is 2.50. The number of rotatable bonds is 6. The number of nitrogens with two attached hydrogens (primary N) is 1. The number of hydrogen-bond donors (Lipinski definition) is 1. The second-order valence-electron chi connectivity index (χ2n) is 5.79. The van der Waals surface area contributed by atoms with Gasteiger partial charge in [-0.2, -0.15) is 0 Å². The topological polar surface area (TPSA) is 47.7 Å². The van der Waals surface area contributed by atoms with E-state index < -0.39 is 0 Å². The van der Waals surface area contributed by atoms with Crippen molar-refractivity contribution in [1.82, 2.24) is 4.90 Å². The summed E-state index contributed by atoms with van der Waals surface area (Å²) >= 11 is 0. The number of hydrogen-bond acceptors (Lipinski definition) is 4. The molecular formula is C17H28N2O2. The van der Waals surface area contributed by atoms with E-state index in [9.17, 15) is 0 Å². The van der Waals surface area contributed by atoms with Crippen LogP contribution in [0.25, 0.3) is 0 Å². The first-order valence-corrected chi connectivity index (χ1v) is 7.88. The van der Waals surface area contributed by atoms with Gasteiger partial charge in [0, 0.05) is 18.7 Å². The van der Waals surface area contributed by atoms with Gasteiger partial charge in [-0.25, -0.2) is 0 Å². The first-order valence-electron chi connectivity index (χ1n) is 7.88. The Kier molecular flexibility index (Phi) is 5.88. The van der Waals surface area contributed by atoms with Crippen LogP contribution in [0.5, 0.6) is 11.5 Å². The smallest absolute Gasteiger partial charge is 0.122 e. The van der Waals surface area contributed by atoms with Gasteiger partial charge in [-0.15, -0.1) is 0 Å². The quantitative estimate of drug-likeness (QED) is 0.876. The average molecular weight is 292 g/mol. The molecule has 0 spiro atoms. The third-order valence-corrected chi connectivity index (χ3v) is 4.65. The van der Waals surface area contributed by atoms with Crippen LogP contribution in [0.1, 0.15) is 37.8 Å². The summed E-state index contributed by atoms with van der Waals surface area (Å²) in [7, 11) is 3.37. The van der Waals surface area contributed by atoms with E-state index in [1.165, 1.54) is 24.8 Å². The van der Waals surface area contributed by atoms with Crippen LogP contribution in [0.15, 0.2) is 18.2 Å². The molecule has 1 aliphatic rings. The highest BCUT2D eigenvalue weighted by molar-refractivity contribution is 5.40. The number of benzene rings is 1. The van der Waals surface area contributed by atoms with Crippen LogP contribution in [0, 0.1) is 5.92 Å².